The molecule has 1 aliphatic heterocycles. The topological polar surface area (TPSA) is 40.5 Å². The molecule has 0 bridgehead atoms. The van der Waals surface area contributed by atoms with Crippen LogP contribution in [0.4, 0.5) is 0 Å². The average molecular weight is 130 g/mol. The molecule has 0 spiro atoms. The Balaban J connectivity index is 2.58. The fraction of sp³-hybridized carbons (Fsp3) is 0.200. The van der Waals surface area contributed by atoms with Crippen LogP contribution in [0.3, 0.4) is 0 Å². The molecule has 0 aromatic carbocycles. The van der Waals surface area contributed by atoms with Gasteiger partial charge in [0, 0.05) is 5.41 Å². The standard InChI is InChI=1S/C5H6O2S/c6-4-1-2-5(7)8-3-4/h1-3,5-7H. The molecular formula is C5H6O2S. The third-order valence-corrected chi connectivity index (χ3v) is 1.57. The largest absolute Gasteiger partial charge is 0.507 e. The van der Waals surface area contributed by atoms with Crippen molar-refractivity contribution in [1.82, 2.24) is 0 Å². The minimum atomic E-state index is -0.481. The van der Waals surface area contributed by atoms with Crippen molar-refractivity contribution in [1.29, 1.82) is 0 Å². The molecule has 1 heterocycles. The first-order valence-corrected chi connectivity index (χ1v) is 3.14. The molecule has 0 saturated carbocycles. The molecule has 0 saturated heterocycles. The van der Waals surface area contributed by atoms with Crippen molar-refractivity contribution < 1.29 is 10.2 Å². The molecule has 3 heteroatoms. The summed E-state index contributed by atoms with van der Waals surface area (Å²) < 4.78 is 0. The van der Waals surface area contributed by atoms with Gasteiger partial charge in [-0.1, -0.05) is 11.8 Å². The van der Waals surface area contributed by atoms with Crippen molar-refractivity contribution in [2.75, 3.05) is 0 Å². The minimum Gasteiger partial charge on any atom is -0.507 e. The molecule has 1 rings (SSSR count). The second-order valence-electron chi connectivity index (χ2n) is 1.43. The Kier molecular flexibility index (Phi) is 1.60. The number of rotatable bonds is 0. The van der Waals surface area contributed by atoms with Crippen LogP contribution in [0.2, 0.25) is 0 Å². The number of hydrogen-bond acceptors (Lipinski definition) is 3. The first kappa shape index (κ1) is 5.72. The highest BCUT2D eigenvalue weighted by molar-refractivity contribution is 8.02. The van der Waals surface area contributed by atoms with E-state index in [0.717, 1.165) is 0 Å². The van der Waals surface area contributed by atoms with Gasteiger partial charge in [-0.05, 0) is 12.2 Å². The third kappa shape index (κ3) is 1.28. The average Bonchev–Trinajstić information content (AvgIpc) is 1.77. The fourth-order valence-electron chi connectivity index (χ4n) is 0.405. The Labute approximate surface area is 51.5 Å². The zero-order valence-electron chi connectivity index (χ0n) is 4.11. The first-order valence-electron chi connectivity index (χ1n) is 2.20. The quantitative estimate of drug-likeness (QED) is 0.514. The molecule has 0 radical (unpaired) electrons. The Morgan fingerprint density at radius 2 is 2.38 bits per heavy atom. The molecule has 8 heavy (non-hydrogen) atoms. The molecule has 44 valence electrons. The van der Waals surface area contributed by atoms with Crippen LogP contribution in [-0.4, -0.2) is 15.6 Å². The predicted octanol–water partition coefficient (Wildman–Crippen LogP) is 1.01. The minimum absolute atomic E-state index is 0.209. The smallest absolute Gasteiger partial charge is 0.122 e. The van der Waals surface area contributed by atoms with Crippen molar-refractivity contribution >= 4 is 11.8 Å². The molecule has 0 aromatic heterocycles. The van der Waals surface area contributed by atoms with E-state index in [1.807, 2.05) is 0 Å². The highest BCUT2D eigenvalue weighted by Gasteiger charge is 2.01. The van der Waals surface area contributed by atoms with Crippen molar-refractivity contribution in [3.05, 3.63) is 23.3 Å². The van der Waals surface area contributed by atoms with Gasteiger partial charge in [0.1, 0.15) is 11.2 Å². The van der Waals surface area contributed by atoms with Crippen molar-refractivity contribution in [2.45, 2.75) is 5.44 Å². The van der Waals surface area contributed by atoms with Crippen LogP contribution < -0.4 is 0 Å². The number of aliphatic hydroxyl groups excluding tert-OH is 2. The van der Waals surface area contributed by atoms with Crippen molar-refractivity contribution in [3.8, 4) is 0 Å². The second-order valence-corrected chi connectivity index (χ2v) is 2.42. The number of hydrogen-bond donors (Lipinski definition) is 2. The molecule has 0 aromatic rings. The summed E-state index contributed by atoms with van der Waals surface area (Å²) >= 11 is 1.18. The molecule has 2 N–H and O–H groups in total. The van der Waals surface area contributed by atoms with E-state index in [-0.39, 0.29) is 5.76 Å². The second kappa shape index (κ2) is 2.24. The van der Waals surface area contributed by atoms with Crippen LogP contribution in [0, 0.1) is 0 Å². The maximum atomic E-state index is 8.75. The molecule has 0 fully saturated rings. The summed E-state index contributed by atoms with van der Waals surface area (Å²) in [6, 6.07) is 0. The number of allylic oxidation sites excluding steroid dienone is 1. The van der Waals surface area contributed by atoms with Crippen LogP contribution in [-0.2, 0) is 0 Å². The molecular weight excluding hydrogens is 124 g/mol. The van der Waals surface area contributed by atoms with E-state index in [1.165, 1.54) is 29.3 Å². The van der Waals surface area contributed by atoms with Gasteiger partial charge >= 0.3 is 0 Å². The highest BCUT2D eigenvalue weighted by Crippen LogP contribution is 2.18. The van der Waals surface area contributed by atoms with Gasteiger partial charge in [-0.3, -0.25) is 0 Å². The predicted molar refractivity (Wildman–Crippen MR) is 33.4 cm³/mol. The zero-order chi connectivity index (χ0) is 5.98. The molecule has 0 amide bonds. The van der Waals surface area contributed by atoms with Gasteiger partial charge in [0.05, 0.1) is 0 Å². The van der Waals surface area contributed by atoms with E-state index in [0.29, 0.717) is 0 Å². The van der Waals surface area contributed by atoms with E-state index in [1.54, 1.807) is 0 Å². The Hall–Kier alpha value is -0.410. The van der Waals surface area contributed by atoms with Gasteiger partial charge in [-0.2, -0.15) is 0 Å². The molecule has 0 aliphatic carbocycles. The van der Waals surface area contributed by atoms with Crippen molar-refractivity contribution in [3.63, 3.8) is 0 Å². The number of aliphatic hydroxyl groups is 2. The van der Waals surface area contributed by atoms with E-state index in [2.05, 4.69) is 0 Å². The number of thioether (sulfide) groups is 1. The van der Waals surface area contributed by atoms with Crippen molar-refractivity contribution in [2.24, 2.45) is 0 Å². The summed E-state index contributed by atoms with van der Waals surface area (Å²) in [5.74, 6) is 0.209. The van der Waals surface area contributed by atoms with E-state index in [9.17, 15) is 0 Å². The molecule has 1 atom stereocenters. The molecule has 2 nitrogen and oxygen atoms in total. The van der Waals surface area contributed by atoms with Gasteiger partial charge in [0.15, 0.2) is 0 Å². The Bertz CT molecular complexity index is 139. The van der Waals surface area contributed by atoms with Gasteiger partial charge < -0.3 is 10.2 Å². The lowest BCUT2D eigenvalue weighted by Crippen LogP contribution is -1.96. The summed E-state index contributed by atoms with van der Waals surface area (Å²) in [6.07, 6.45) is 3.00. The molecule has 1 aliphatic rings. The lowest BCUT2D eigenvalue weighted by Gasteiger charge is -2.04. The Morgan fingerprint density at radius 3 is 2.75 bits per heavy atom. The SMILES string of the molecule is OC1=CSC(O)C=C1. The van der Waals surface area contributed by atoms with Gasteiger partial charge in [0.2, 0.25) is 0 Å². The zero-order valence-corrected chi connectivity index (χ0v) is 4.93. The van der Waals surface area contributed by atoms with E-state index >= 15 is 0 Å². The summed E-state index contributed by atoms with van der Waals surface area (Å²) in [7, 11) is 0. The lowest BCUT2D eigenvalue weighted by molar-refractivity contribution is 0.308. The monoisotopic (exact) mass is 130 g/mol. The summed E-state index contributed by atoms with van der Waals surface area (Å²) in [5, 5.41) is 18.9. The van der Waals surface area contributed by atoms with E-state index < -0.39 is 5.44 Å². The summed E-state index contributed by atoms with van der Waals surface area (Å²) in [6.45, 7) is 0. The summed E-state index contributed by atoms with van der Waals surface area (Å²) in [4.78, 5) is 0. The van der Waals surface area contributed by atoms with E-state index in [4.69, 9.17) is 10.2 Å². The third-order valence-electron chi connectivity index (χ3n) is 0.760. The molecule has 1 unspecified atom stereocenters. The maximum Gasteiger partial charge on any atom is 0.122 e. The van der Waals surface area contributed by atoms with Crippen LogP contribution in [0.25, 0.3) is 0 Å². The Morgan fingerprint density at radius 1 is 1.62 bits per heavy atom. The fourth-order valence-corrected chi connectivity index (χ4v) is 0.932. The van der Waals surface area contributed by atoms with Gasteiger partial charge in [-0.25, -0.2) is 0 Å². The van der Waals surface area contributed by atoms with Crippen LogP contribution in [0.5, 0.6) is 0 Å². The van der Waals surface area contributed by atoms with Crippen LogP contribution in [0.15, 0.2) is 23.3 Å². The maximum absolute atomic E-state index is 8.75. The highest BCUT2D eigenvalue weighted by atomic mass is 32.2. The van der Waals surface area contributed by atoms with Crippen LogP contribution in [0.1, 0.15) is 0 Å². The lowest BCUT2D eigenvalue weighted by atomic mass is 10.4. The van der Waals surface area contributed by atoms with Crippen LogP contribution >= 0.6 is 11.8 Å². The van der Waals surface area contributed by atoms with Gasteiger partial charge in [-0.15, -0.1) is 0 Å². The summed E-state index contributed by atoms with van der Waals surface area (Å²) in [5.41, 5.74) is -0.481. The normalized spacial score (nSPS) is 27.6. The first-order chi connectivity index (χ1) is 3.79. The van der Waals surface area contributed by atoms with Gasteiger partial charge in [0.25, 0.3) is 0 Å².